The van der Waals surface area contributed by atoms with Crippen LogP contribution < -0.4 is 5.32 Å². The van der Waals surface area contributed by atoms with Crippen LogP contribution in [-0.4, -0.2) is 17.1 Å². The molecule has 0 radical (unpaired) electrons. The number of rotatable bonds is 5. The summed E-state index contributed by atoms with van der Waals surface area (Å²) in [6.07, 6.45) is 2.07. The molecule has 0 heterocycles. The Kier molecular flexibility index (Phi) is 4.35. The van der Waals surface area contributed by atoms with Gasteiger partial charge in [-0.3, -0.25) is 0 Å². The number of hydrogen-bond acceptors (Lipinski definition) is 2. The van der Waals surface area contributed by atoms with E-state index in [9.17, 15) is 4.79 Å². The van der Waals surface area contributed by atoms with E-state index in [1.807, 2.05) is 13.0 Å². The Morgan fingerprint density at radius 2 is 2.00 bits per heavy atom. The maximum atomic E-state index is 10.9. The van der Waals surface area contributed by atoms with Crippen LogP contribution in [0.1, 0.15) is 42.6 Å². The highest BCUT2D eigenvalue weighted by atomic mass is 16.4. The van der Waals surface area contributed by atoms with Gasteiger partial charge in [-0.1, -0.05) is 19.9 Å². The standard InChI is InChI=1S/C13H19NO2/c1-4-11(5-2)14-12-8-10(13(15)16)7-6-9(12)3/h6-8,11,14H,4-5H2,1-3H3,(H,15,16). The molecule has 1 aromatic rings. The molecule has 16 heavy (non-hydrogen) atoms. The van der Waals surface area contributed by atoms with Crippen LogP contribution in [0, 0.1) is 6.92 Å². The third-order valence-electron chi connectivity index (χ3n) is 2.83. The first-order chi connectivity index (χ1) is 7.58. The molecule has 0 atom stereocenters. The fourth-order valence-electron chi connectivity index (χ4n) is 1.62. The van der Waals surface area contributed by atoms with Crippen LogP contribution in [0.25, 0.3) is 0 Å². The summed E-state index contributed by atoms with van der Waals surface area (Å²) in [4.78, 5) is 10.9. The zero-order valence-electron chi connectivity index (χ0n) is 10.1. The lowest BCUT2D eigenvalue weighted by atomic mass is 10.1. The van der Waals surface area contributed by atoms with E-state index in [-0.39, 0.29) is 0 Å². The lowest BCUT2D eigenvalue weighted by molar-refractivity contribution is 0.0697. The van der Waals surface area contributed by atoms with E-state index in [0.29, 0.717) is 11.6 Å². The van der Waals surface area contributed by atoms with E-state index in [0.717, 1.165) is 24.1 Å². The first-order valence-electron chi connectivity index (χ1n) is 5.69. The maximum absolute atomic E-state index is 10.9. The molecule has 0 spiro atoms. The molecule has 3 heteroatoms. The summed E-state index contributed by atoms with van der Waals surface area (Å²) in [5.74, 6) is -0.882. The van der Waals surface area contributed by atoms with Crippen LogP contribution in [0.15, 0.2) is 18.2 Å². The largest absolute Gasteiger partial charge is 0.478 e. The van der Waals surface area contributed by atoms with Crippen molar-refractivity contribution in [1.82, 2.24) is 0 Å². The summed E-state index contributed by atoms with van der Waals surface area (Å²) in [5.41, 5.74) is 2.34. The van der Waals surface area contributed by atoms with Gasteiger partial charge in [0.05, 0.1) is 5.56 Å². The summed E-state index contributed by atoms with van der Waals surface area (Å²) < 4.78 is 0. The molecule has 0 saturated carbocycles. The fraction of sp³-hybridized carbons (Fsp3) is 0.462. The van der Waals surface area contributed by atoms with Gasteiger partial charge in [-0.15, -0.1) is 0 Å². The predicted molar refractivity (Wildman–Crippen MR) is 66.1 cm³/mol. The topological polar surface area (TPSA) is 49.3 Å². The van der Waals surface area contributed by atoms with Crippen molar-refractivity contribution in [2.45, 2.75) is 39.7 Å². The summed E-state index contributed by atoms with van der Waals surface area (Å²) in [7, 11) is 0. The molecule has 0 aliphatic heterocycles. The number of nitrogens with one attached hydrogen (secondary N) is 1. The number of hydrogen-bond donors (Lipinski definition) is 2. The SMILES string of the molecule is CCC(CC)Nc1cc(C(=O)O)ccc1C. The van der Waals surface area contributed by atoms with Crippen LogP contribution in [0.2, 0.25) is 0 Å². The number of aryl methyl sites for hydroxylation is 1. The summed E-state index contributed by atoms with van der Waals surface area (Å²) >= 11 is 0. The van der Waals surface area contributed by atoms with E-state index < -0.39 is 5.97 Å². The van der Waals surface area contributed by atoms with Crippen molar-refractivity contribution in [3.63, 3.8) is 0 Å². The minimum absolute atomic E-state index is 0.332. The molecule has 0 bridgehead atoms. The van der Waals surface area contributed by atoms with Gasteiger partial charge in [0.25, 0.3) is 0 Å². The molecule has 3 nitrogen and oxygen atoms in total. The first kappa shape index (κ1) is 12.6. The van der Waals surface area contributed by atoms with Crippen LogP contribution >= 0.6 is 0 Å². The van der Waals surface area contributed by atoms with Crippen molar-refractivity contribution in [2.24, 2.45) is 0 Å². The van der Waals surface area contributed by atoms with Gasteiger partial charge in [-0.25, -0.2) is 4.79 Å². The third kappa shape index (κ3) is 2.99. The minimum Gasteiger partial charge on any atom is -0.478 e. The summed E-state index contributed by atoms with van der Waals surface area (Å²) in [5, 5.41) is 12.3. The number of carbonyl (C=O) groups is 1. The molecular formula is C13H19NO2. The monoisotopic (exact) mass is 221 g/mol. The Hall–Kier alpha value is -1.51. The third-order valence-corrected chi connectivity index (χ3v) is 2.83. The molecule has 0 unspecified atom stereocenters. The molecule has 0 saturated heterocycles. The molecular weight excluding hydrogens is 202 g/mol. The number of carboxylic acids is 1. The highest BCUT2D eigenvalue weighted by Crippen LogP contribution is 2.19. The molecule has 0 amide bonds. The highest BCUT2D eigenvalue weighted by Gasteiger charge is 2.08. The first-order valence-corrected chi connectivity index (χ1v) is 5.69. The summed E-state index contributed by atoms with van der Waals surface area (Å²) in [6, 6.07) is 5.59. The zero-order valence-corrected chi connectivity index (χ0v) is 10.1. The molecule has 0 fully saturated rings. The van der Waals surface area contributed by atoms with Gasteiger partial charge in [-0.05, 0) is 37.5 Å². The normalized spacial score (nSPS) is 10.5. The molecule has 1 rings (SSSR count). The van der Waals surface area contributed by atoms with Crippen LogP contribution in [-0.2, 0) is 0 Å². The van der Waals surface area contributed by atoms with Crippen LogP contribution in [0.5, 0.6) is 0 Å². The van der Waals surface area contributed by atoms with Crippen molar-refractivity contribution in [3.05, 3.63) is 29.3 Å². The number of carboxylic acid groups (broad SMARTS) is 1. The van der Waals surface area contributed by atoms with Crippen molar-refractivity contribution >= 4 is 11.7 Å². The number of anilines is 1. The average Bonchev–Trinajstić information content (AvgIpc) is 2.27. The molecule has 2 N–H and O–H groups in total. The second-order valence-electron chi connectivity index (χ2n) is 3.99. The van der Waals surface area contributed by atoms with Gasteiger partial charge >= 0.3 is 5.97 Å². The smallest absolute Gasteiger partial charge is 0.335 e. The van der Waals surface area contributed by atoms with Gasteiger partial charge in [-0.2, -0.15) is 0 Å². The second kappa shape index (κ2) is 5.54. The van der Waals surface area contributed by atoms with Crippen LogP contribution in [0.4, 0.5) is 5.69 Å². The fourth-order valence-corrected chi connectivity index (χ4v) is 1.62. The van der Waals surface area contributed by atoms with Gasteiger partial charge in [0.2, 0.25) is 0 Å². The Labute approximate surface area is 96.5 Å². The van der Waals surface area contributed by atoms with E-state index >= 15 is 0 Å². The van der Waals surface area contributed by atoms with Crippen molar-refractivity contribution in [1.29, 1.82) is 0 Å². The van der Waals surface area contributed by atoms with Crippen LogP contribution in [0.3, 0.4) is 0 Å². The van der Waals surface area contributed by atoms with Crippen molar-refractivity contribution in [2.75, 3.05) is 5.32 Å². The second-order valence-corrected chi connectivity index (χ2v) is 3.99. The van der Waals surface area contributed by atoms with Gasteiger partial charge in [0.1, 0.15) is 0 Å². The number of aromatic carboxylic acids is 1. The molecule has 0 aromatic heterocycles. The van der Waals surface area contributed by atoms with Gasteiger partial charge in [0.15, 0.2) is 0 Å². The Bertz CT molecular complexity index is 370. The zero-order chi connectivity index (χ0) is 12.1. The average molecular weight is 221 g/mol. The quantitative estimate of drug-likeness (QED) is 0.802. The van der Waals surface area contributed by atoms with E-state index in [2.05, 4.69) is 19.2 Å². The Morgan fingerprint density at radius 3 is 2.50 bits per heavy atom. The highest BCUT2D eigenvalue weighted by molar-refractivity contribution is 5.89. The Morgan fingerprint density at radius 1 is 1.38 bits per heavy atom. The predicted octanol–water partition coefficient (Wildman–Crippen LogP) is 3.29. The van der Waals surface area contributed by atoms with E-state index in [1.54, 1.807) is 12.1 Å². The minimum atomic E-state index is -0.882. The lowest BCUT2D eigenvalue weighted by Crippen LogP contribution is -2.18. The van der Waals surface area contributed by atoms with E-state index in [1.165, 1.54) is 0 Å². The molecule has 0 aliphatic carbocycles. The summed E-state index contributed by atoms with van der Waals surface area (Å²) in [6.45, 7) is 6.23. The van der Waals surface area contributed by atoms with Crippen molar-refractivity contribution < 1.29 is 9.90 Å². The maximum Gasteiger partial charge on any atom is 0.335 e. The van der Waals surface area contributed by atoms with Gasteiger partial charge in [0, 0.05) is 11.7 Å². The lowest BCUT2D eigenvalue weighted by Gasteiger charge is -2.18. The Balaban J connectivity index is 2.93. The van der Waals surface area contributed by atoms with E-state index in [4.69, 9.17) is 5.11 Å². The van der Waals surface area contributed by atoms with Gasteiger partial charge < -0.3 is 10.4 Å². The molecule has 1 aromatic carbocycles. The molecule has 88 valence electrons. The van der Waals surface area contributed by atoms with Crippen molar-refractivity contribution in [3.8, 4) is 0 Å². The molecule has 0 aliphatic rings. The number of benzene rings is 1.